The summed E-state index contributed by atoms with van der Waals surface area (Å²) in [4.78, 5) is 40.0. The van der Waals surface area contributed by atoms with Crippen LogP contribution in [0.2, 0.25) is 0 Å². The van der Waals surface area contributed by atoms with E-state index in [9.17, 15) is 32.7 Å². The molecule has 1 saturated heterocycles. The topological polar surface area (TPSA) is 101 Å². The van der Waals surface area contributed by atoms with Gasteiger partial charge in [0.05, 0.1) is 12.6 Å². The van der Waals surface area contributed by atoms with Crippen molar-refractivity contribution in [2.24, 2.45) is 5.92 Å². The van der Waals surface area contributed by atoms with Crippen LogP contribution in [0.3, 0.4) is 0 Å². The highest BCUT2D eigenvalue weighted by atomic mass is 19.2. The maximum absolute atomic E-state index is 13.9. The lowest BCUT2D eigenvalue weighted by Crippen LogP contribution is -2.59. The molecule has 2 N–H and O–H groups in total. The number of carbonyl (C=O) groups excluding carboxylic acids is 2. The van der Waals surface area contributed by atoms with E-state index in [1.165, 1.54) is 4.57 Å². The highest BCUT2D eigenvalue weighted by Crippen LogP contribution is 2.42. The minimum absolute atomic E-state index is 0.00680. The Morgan fingerprint density at radius 3 is 2.73 bits per heavy atom. The highest BCUT2D eigenvalue weighted by Gasteiger charge is 2.51. The number of nitrogens with one attached hydrogen (secondary N) is 1. The molecule has 2 fully saturated rings. The molecule has 4 atom stereocenters. The van der Waals surface area contributed by atoms with Gasteiger partial charge >= 0.3 is 0 Å². The SMILES string of the molecule is C[C@H]1[C@@H]2CC[C@H]1N1C(=O)c3c(O)c(=O)c(C(=O)NCc4ccc(F)c(F)c4F)cn3C[C@@H]1O2. The van der Waals surface area contributed by atoms with Crippen LogP contribution in [-0.2, 0) is 17.8 Å². The van der Waals surface area contributed by atoms with Crippen LogP contribution in [0.15, 0.2) is 23.1 Å². The maximum atomic E-state index is 13.9. The number of fused-ring (bicyclic) bond motifs is 5. The number of hydrogen-bond donors (Lipinski definition) is 2. The van der Waals surface area contributed by atoms with Crippen molar-refractivity contribution in [1.82, 2.24) is 14.8 Å². The Bertz CT molecular complexity index is 1250. The molecule has 0 radical (unpaired) electrons. The van der Waals surface area contributed by atoms with E-state index in [4.69, 9.17) is 4.74 Å². The number of nitrogens with zero attached hydrogens (tertiary/aromatic N) is 2. The maximum Gasteiger partial charge on any atom is 0.276 e. The molecule has 1 aromatic heterocycles. The number of benzene rings is 1. The molecule has 1 saturated carbocycles. The summed E-state index contributed by atoms with van der Waals surface area (Å²) >= 11 is 0. The second-order valence-corrected chi connectivity index (χ2v) is 8.58. The van der Waals surface area contributed by atoms with Crippen molar-refractivity contribution < 1.29 is 32.6 Å². The summed E-state index contributed by atoms with van der Waals surface area (Å²) in [7, 11) is 0. The number of rotatable bonds is 3. The third kappa shape index (κ3) is 3.21. The normalized spacial score (nSPS) is 25.6. The first-order chi connectivity index (χ1) is 15.7. The van der Waals surface area contributed by atoms with Crippen molar-refractivity contribution in [2.75, 3.05) is 0 Å². The fourth-order valence-electron chi connectivity index (χ4n) is 5.03. The van der Waals surface area contributed by atoms with E-state index in [-0.39, 0.29) is 35.9 Å². The Hall–Kier alpha value is -3.34. The molecule has 2 aliphatic heterocycles. The molecule has 2 amide bonds. The number of pyridine rings is 1. The molecule has 5 rings (SSSR count). The molecule has 3 heterocycles. The van der Waals surface area contributed by atoms with E-state index in [0.717, 1.165) is 31.2 Å². The molecule has 8 nitrogen and oxygen atoms in total. The molecule has 33 heavy (non-hydrogen) atoms. The number of carbonyl (C=O) groups is 2. The van der Waals surface area contributed by atoms with Gasteiger partial charge in [-0.3, -0.25) is 14.4 Å². The van der Waals surface area contributed by atoms with Gasteiger partial charge in [0.15, 0.2) is 35.1 Å². The van der Waals surface area contributed by atoms with Crippen LogP contribution in [0, 0.1) is 23.4 Å². The Balaban J connectivity index is 1.44. The van der Waals surface area contributed by atoms with Gasteiger partial charge in [-0.15, -0.1) is 0 Å². The van der Waals surface area contributed by atoms with Crippen LogP contribution in [0.1, 0.15) is 46.2 Å². The van der Waals surface area contributed by atoms with Gasteiger partial charge in [0.2, 0.25) is 5.43 Å². The molecular weight excluding hydrogens is 443 g/mol. The van der Waals surface area contributed by atoms with Crippen LogP contribution in [0.25, 0.3) is 0 Å². The summed E-state index contributed by atoms with van der Waals surface area (Å²) in [6, 6.07) is 1.63. The van der Waals surface area contributed by atoms with Crippen LogP contribution >= 0.6 is 0 Å². The quantitative estimate of drug-likeness (QED) is 0.677. The Kier molecular flexibility index (Phi) is 4.96. The van der Waals surface area contributed by atoms with E-state index in [1.54, 1.807) is 4.90 Å². The number of hydrogen-bond acceptors (Lipinski definition) is 5. The average molecular weight is 463 g/mol. The predicted octanol–water partition coefficient (Wildman–Crippen LogP) is 1.88. The molecule has 1 aromatic carbocycles. The molecule has 1 aliphatic carbocycles. The third-order valence-electron chi connectivity index (χ3n) is 6.79. The molecule has 0 unspecified atom stereocenters. The minimum atomic E-state index is -1.67. The first-order valence-electron chi connectivity index (χ1n) is 10.5. The molecule has 2 aromatic rings. The Labute approximate surface area is 185 Å². The van der Waals surface area contributed by atoms with Crippen molar-refractivity contribution in [1.29, 1.82) is 0 Å². The minimum Gasteiger partial charge on any atom is -0.503 e. The number of aromatic hydroxyl groups is 1. The Morgan fingerprint density at radius 2 is 1.97 bits per heavy atom. The second kappa shape index (κ2) is 7.62. The van der Waals surface area contributed by atoms with Crippen molar-refractivity contribution in [3.05, 3.63) is 62.8 Å². The monoisotopic (exact) mass is 463 g/mol. The van der Waals surface area contributed by atoms with E-state index < -0.39 is 58.8 Å². The van der Waals surface area contributed by atoms with Gasteiger partial charge in [0.1, 0.15) is 5.56 Å². The van der Waals surface area contributed by atoms with E-state index in [0.29, 0.717) is 0 Å². The first kappa shape index (κ1) is 21.5. The lowest BCUT2D eigenvalue weighted by atomic mass is 9.98. The van der Waals surface area contributed by atoms with Crippen LogP contribution in [-0.4, -0.2) is 44.8 Å². The zero-order valence-electron chi connectivity index (χ0n) is 17.5. The number of amides is 2. The number of aromatic nitrogens is 1. The van der Waals surface area contributed by atoms with Gasteiger partial charge in [-0.1, -0.05) is 13.0 Å². The molecule has 0 spiro atoms. The predicted molar refractivity (Wildman–Crippen MR) is 107 cm³/mol. The fraction of sp³-hybridized carbons (Fsp3) is 0.409. The molecule has 3 aliphatic rings. The summed E-state index contributed by atoms with van der Waals surface area (Å²) in [5.74, 6) is -6.75. The van der Waals surface area contributed by atoms with Crippen LogP contribution in [0.4, 0.5) is 13.2 Å². The number of halogens is 3. The van der Waals surface area contributed by atoms with E-state index in [1.807, 2.05) is 6.92 Å². The van der Waals surface area contributed by atoms with Gasteiger partial charge < -0.3 is 24.6 Å². The summed E-state index contributed by atoms with van der Waals surface area (Å²) in [5.41, 5.74) is -2.09. The zero-order valence-corrected chi connectivity index (χ0v) is 17.5. The smallest absolute Gasteiger partial charge is 0.276 e. The van der Waals surface area contributed by atoms with Gasteiger partial charge in [-0.05, 0) is 18.9 Å². The fourth-order valence-corrected chi connectivity index (χ4v) is 5.03. The first-order valence-corrected chi connectivity index (χ1v) is 10.5. The summed E-state index contributed by atoms with van der Waals surface area (Å²) < 4.78 is 47.7. The van der Waals surface area contributed by atoms with Crippen molar-refractivity contribution >= 4 is 11.8 Å². The molecule has 11 heteroatoms. The van der Waals surface area contributed by atoms with Gasteiger partial charge in [-0.2, -0.15) is 0 Å². The third-order valence-corrected chi connectivity index (χ3v) is 6.79. The zero-order chi connectivity index (χ0) is 23.6. The summed E-state index contributed by atoms with van der Waals surface area (Å²) in [5, 5.41) is 12.8. The average Bonchev–Trinajstić information content (AvgIpc) is 3.01. The van der Waals surface area contributed by atoms with Crippen molar-refractivity contribution in [3.63, 3.8) is 0 Å². The summed E-state index contributed by atoms with van der Waals surface area (Å²) in [6.07, 6.45) is 2.13. The number of ether oxygens (including phenoxy) is 1. The Morgan fingerprint density at radius 1 is 1.21 bits per heavy atom. The lowest BCUT2D eigenvalue weighted by Gasteiger charge is -2.47. The summed E-state index contributed by atoms with van der Waals surface area (Å²) in [6.45, 7) is 1.59. The van der Waals surface area contributed by atoms with E-state index in [2.05, 4.69) is 5.32 Å². The highest BCUT2D eigenvalue weighted by molar-refractivity contribution is 5.99. The lowest BCUT2D eigenvalue weighted by molar-refractivity contribution is -0.155. The standard InChI is InChI=1S/C22H20F3N3O5/c1-9-13-4-5-14(9)33-15-8-27-7-11(19(29)20(30)18(27)22(32)28(13)15)21(31)26-6-10-2-3-12(23)17(25)16(10)24/h2-3,7,9,13-15,30H,4-6,8H2,1H3,(H,26,31)/t9-,13-,14+,15+/m1/s1. The van der Waals surface area contributed by atoms with Gasteiger partial charge in [0.25, 0.3) is 11.8 Å². The molecule has 174 valence electrons. The molecule has 2 bridgehead atoms. The van der Waals surface area contributed by atoms with Gasteiger partial charge in [0, 0.05) is 30.3 Å². The van der Waals surface area contributed by atoms with Gasteiger partial charge in [-0.25, -0.2) is 13.2 Å². The second-order valence-electron chi connectivity index (χ2n) is 8.58. The van der Waals surface area contributed by atoms with Crippen molar-refractivity contribution in [2.45, 2.75) is 51.2 Å². The largest absolute Gasteiger partial charge is 0.503 e. The van der Waals surface area contributed by atoms with E-state index >= 15 is 0 Å². The molecular formula is C22H20F3N3O5. The van der Waals surface area contributed by atoms with Crippen molar-refractivity contribution in [3.8, 4) is 5.75 Å². The van der Waals surface area contributed by atoms with Crippen LogP contribution < -0.4 is 10.7 Å². The van der Waals surface area contributed by atoms with Crippen LogP contribution in [0.5, 0.6) is 5.75 Å².